The van der Waals surface area contributed by atoms with Crippen molar-refractivity contribution in [3.8, 4) is 23.0 Å². The minimum absolute atomic E-state index is 0.149. The summed E-state index contributed by atoms with van der Waals surface area (Å²) in [6.45, 7) is 0.343. The SMILES string of the molecule is COc1ccc(OC)c(NC(=O)NC[C@@H](c2ccc(OC)c(OC)c2)c2c[nH]c3ccccc23)c1. The van der Waals surface area contributed by atoms with Gasteiger partial charge in [0.05, 0.1) is 34.1 Å². The number of rotatable bonds is 9. The molecule has 0 radical (unpaired) electrons. The largest absolute Gasteiger partial charge is 0.497 e. The quantitative estimate of drug-likeness (QED) is 0.311. The van der Waals surface area contributed by atoms with Crippen LogP contribution in [0.15, 0.2) is 66.9 Å². The van der Waals surface area contributed by atoms with Gasteiger partial charge in [-0.25, -0.2) is 4.79 Å². The Balaban J connectivity index is 1.62. The molecule has 8 nitrogen and oxygen atoms in total. The molecule has 1 atom stereocenters. The molecule has 35 heavy (non-hydrogen) atoms. The molecule has 2 amide bonds. The maximum atomic E-state index is 12.9. The number of anilines is 1. The average Bonchev–Trinajstić information content (AvgIpc) is 3.32. The second-order valence-electron chi connectivity index (χ2n) is 7.86. The maximum absolute atomic E-state index is 12.9. The molecular formula is C27H29N3O5. The van der Waals surface area contributed by atoms with Crippen LogP contribution >= 0.6 is 0 Å². The van der Waals surface area contributed by atoms with Crippen molar-refractivity contribution >= 4 is 22.6 Å². The third-order valence-corrected chi connectivity index (χ3v) is 5.93. The molecule has 3 aromatic carbocycles. The van der Waals surface area contributed by atoms with Crippen LogP contribution in [0.2, 0.25) is 0 Å². The van der Waals surface area contributed by atoms with E-state index in [0.29, 0.717) is 35.2 Å². The molecule has 1 heterocycles. The summed E-state index contributed by atoms with van der Waals surface area (Å²) in [5.41, 5.74) is 3.58. The molecule has 0 aliphatic rings. The molecule has 0 unspecified atom stereocenters. The van der Waals surface area contributed by atoms with Gasteiger partial charge in [0.2, 0.25) is 0 Å². The van der Waals surface area contributed by atoms with Gasteiger partial charge in [0, 0.05) is 35.6 Å². The number of nitrogens with one attached hydrogen (secondary N) is 3. The Labute approximate surface area is 204 Å². The zero-order valence-electron chi connectivity index (χ0n) is 20.2. The number of hydrogen-bond acceptors (Lipinski definition) is 5. The van der Waals surface area contributed by atoms with E-state index in [9.17, 15) is 4.79 Å². The van der Waals surface area contributed by atoms with Crippen LogP contribution in [0.4, 0.5) is 10.5 Å². The number of urea groups is 1. The molecule has 3 N–H and O–H groups in total. The first-order chi connectivity index (χ1) is 17.1. The van der Waals surface area contributed by atoms with E-state index >= 15 is 0 Å². The molecule has 182 valence electrons. The molecule has 0 bridgehead atoms. The molecule has 4 rings (SSSR count). The van der Waals surface area contributed by atoms with Crippen molar-refractivity contribution in [1.29, 1.82) is 0 Å². The number of hydrogen-bond donors (Lipinski definition) is 3. The number of benzene rings is 3. The predicted molar refractivity (Wildman–Crippen MR) is 136 cm³/mol. The third kappa shape index (κ3) is 5.11. The fourth-order valence-corrected chi connectivity index (χ4v) is 4.13. The lowest BCUT2D eigenvalue weighted by Crippen LogP contribution is -2.32. The van der Waals surface area contributed by atoms with Crippen LogP contribution < -0.4 is 29.6 Å². The summed E-state index contributed by atoms with van der Waals surface area (Å²) in [4.78, 5) is 16.2. The number of fused-ring (bicyclic) bond motifs is 1. The van der Waals surface area contributed by atoms with Crippen LogP contribution in [0, 0.1) is 0 Å². The lowest BCUT2D eigenvalue weighted by Gasteiger charge is -2.20. The monoisotopic (exact) mass is 475 g/mol. The zero-order chi connectivity index (χ0) is 24.8. The molecule has 0 spiro atoms. The normalized spacial score (nSPS) is 11.5. The van der Waals surface area contributed by atoms with E-state index in [2.05, 4.69) is 21.7 Å². The Hall–Kier alpha value is -4.33. The second kappa shape index (κ2) is 10.7. The van der Waals surface area contributed by atoms with Gasteiger partial charge >= 0.3 is 6.03 Å². The van der Waals surface area contributed by atoms with Gasteiger partial charge in [-0.2, -0.15) is 0 Å². The van der Waals surface area contributed by atoms with Crippen LogP contribution in [0.3, 0.4) is 0 Å². The molecular weight excluding hydrogens is 446 g/mol. The molecule has 0 aliphatic heterocycles. The highest BCUT2D eigenvalue weighted by Crippen LogP contribution is 2.36. The van der Waals surface area contributed by atoms with Crippen LogP contribution in [0.25, 0.3) is 10.9 Å². The Kier molecular flexibility index (Phi) is 7.30. The summed E-state index contributed by atoms with van der Waals surface area (Å²) in [6, 6.07) is 18.7. The molecule has 8 heteroatoms. The predicted octanol–water partition coefficient (Wildman–Crippen LogP) is 5.16. The van der Waals surface area contributed by atoms with Gasteiger partial charge in [-0.15, -0.1) is 0 Å². The van der Waals surface area contributed by atoms with Crippen LogP contribution in [-0.4, -0.2) is 46.0 Å². The molecule has 4 aromatic rings. The first kappa shape index (κ1) is 23.8. The van der Waals surface area contributed by atoms with E-state index in [0.717, 1.165) is 22.0 Å². The van der Waals surface area contributed by atoms with Gasteiger partial charge in [0.1, 0.15) is 11.5 Å². The zero-order valence-corrected chi connectivity index (χ0v) is 20.2. The molecule has 0 aliphatic carbocycles. The maximum Gasteiger partial charge on any atom is 0.319 e. The highest BCUT2D eigenvalue weighted by molar-refractivity contribution is 5.91. The van der Waals surface area contributed by atoms with Crippen molar-refractivity contribution in [2.45, 2.75) is 5.92 Å². The van der Waals surface area contributed by atoms with Crippen LogP contribution in [0.1, 0.15) is 17.0 Å². The minimum atomic E-state index is -0.359. The van der Waals surface area contributed by atoms with Crippen LogP contribution in [-0.2, 0) is 0 Å². The minimum Gasteiger partial charge on any atom is -0.497 e. The van der Waals surface area contributed by atoms with Crippen molar-refractivity contribution in [1.82, 2.24) is 10.3 Å². The molecule has 0 saturated heterocycles. The lowest BCUT2D eigenvalue weighted by atomic mass is 9.90. The van der Waals surface area contributed by atoms with E-state index < -0.39 is 0 Å². The first-order valence-corrected chi connectivity index (χ1v) is 11.1. The average molecular weight is 476 g/mol. The van der Waals surface area contributed by atoms with E-state index in [1.54, 1.807) is 46.6 Å². The Bertz CT molecular complexity index is 1320. The topological polar surface area (TPSA) is 93.8 Å². The number of H-pyrrole nitrogens is 1. The molecule has 1 aromatic heterocycles. The van der Waals surface area contributed by atoms with E-state index in [4.69, 9.17) is 18.9 Å². The van der Waals surface area contributed by atoms with Gasteiger partial charge in [-0.3, -0.25) is 0 Å². The van der Waals surface area contributed by atoms with Gasteiger partial charge in [0.15, 0.2) is 11.5 Å². The van der Waals surface area contributed by atoms with Crippen molar-refractivity contribution in [3.05, 3.63) is 78.0 Å². The Morgan fingerprint density at radius 2 is 1.60 bits per heavy atom. The standard InChI is InChI=1S/C27H29N3O5/c1-32-18-10-12-24(33-2)23(14-18)30-27(31)29-15-20(17-9-11-25(34-3)26(13-17)35-4)21-16-28-22-8-6-5-7-19(21)22/h5-14,16,20,28H,15H2,1-4H3,(H2,29,30,31)/t20-/m0/s1. The summed E-state index contributed by atoms with van der Waals surface area (Å²) in [5, 5.41) is 6.95. The highest BCUT2D eigenvalue weighted by Gasteiger charge is 2.21. The Morgan fingerprint density at radius 1 is 0.857 bits per heavy atom. The van der Waals surface area contributed by atoms with E-state index in [-0.39, 0.29) is 11.9 Å². The second-order valence-corrected chi connectivity index (χ2v) is 7.86. The fourth-order valence-electron chi connectivity index (χ4n) is 4.13. The highest BCUT2D eigenvalue weighted by atomic mass is 16.5. The smallest absolute Gasteiger partial charge is 0.319 e. The third-order valence-electron chi connectivity index (χ3n) is 5.93. The Morgan fingerprint density at radius 3 is 2.34 bits per heavy atom. The first-order valence-electron chi connectivity index (χ1n) is 11.1. The van der Waals surface area contributed by atoms with Crippen molar-refractivity contribution in [3.63, 3.8) is 0 Å². The number of aromatic nitrogens is 1. The summed E-state index contributed by atoms with van der Waals surface area (Å²) in [5.74, 6) is 2.27. The van der Waals surface area contributed by atoms with E-state index in [1.807, 2.05) is 42.6 Å². The fraction of sp³-hybridized carbons (Fsp3) is 0.222. The number of methoxy groups -OCH3 is 4. The van der Waals surface area contributed by atoms with Gasteiger partial charge < -0.3 is 34.6 Å². The lowest BCUT2D eigenvalue weighted by molar-refractivity contribution is 0.251. The number of carbonyl (C=O) groups excluding carboxylic acids is 1. The summed E-state index contributed by atoms with van der Waals surface area (Å²) in [7, 11) is 6.33. The number of aromatic amines is 1. The summed E-state index contributed by atoms with van der Waals surface area (Å²) >= 11 is 0. The van der Waals surface area contributed by atoms with Gasteiger partial charge in [-0.1, -0.05) is 24.3 Å². The van der Waals surface area contributed by atoms with Crippen LogP contribution in [0.5, 0.6) is 23.0 Å². The van der Waals surface area contributed by atoms with Crippen molar-refractivity contribution in [2.75, 3.05) is 40.3 Å². The van der Waals surface area contributed by atoms with Crippen molar-refractivity contribution < 1.29 is 23.7 Å². The molecule has 0 saturated carbocycles. The van der Waals surface area contributed by atoms with Gasteiger partial charge in [0.25, 0.3) is 0 Å². The summed E-state index contributed by atoms with van der Waals surface area (Å²) < 4.78 is 21.6. The van der Waals surface area contributed by atoms with Gasteiger partial charge in [-0.05, 0) is 41.5 Å². The molecule has 0 fully saturated rings. The number of ether oxygens (including phenoxy) is 4. The number of amides is 2. The summed E-state index contributed by atoms with van der Waals surface area (Å²) in [6.07, 6.45) is 1.98. The number of carbonyl (C=O) groups is 1. The van der Waals surface area contributed by atoms with E-state index in [1.165, 1.54) is 0 Å². The van der Waals surface area contributed by atoms with Crippen molar-refractivity contribution in [2.24, 2.45) is 0 Å². The number of para-hydroxylation sites is 1.